The lowest BCUT2D eigenvalue weighted by molar-refractivity contribution is -0.144. The van der Waals surface area contributed by atoms with E-state index in [2.05, 4.69) is 0 Å². The maximum atomic E-state index is 11.4. The molecule has 0 heterocycles. The van der Waals surface area contributed by atoms with Gasteiger partial charge >= 0.3 is 5.97 Å². The van der Waals surface area contributed by atoms with E-state index < -0.39 is 12.0 Å². The van der Waals surface area contributed by atoms with Gasteiger partial charge in [-0.25, -0.2) is 0 Å². The van der Waals surface area contributed by atoms with Gasteiger partial charge in [-0.05, 0) is 37.5 Å². The van der Waals surface area contributed by atoms with Crippen LogP contribution >= 0.6 is 0 Å². The summed E-state index contributed by atoms with van der Waals surface area (Å²) in [5, 5.41) is 9.93. The van der Waals surface area contributed by atoms with Crippen molar-refractivity contribution >= 4 is 5.97 Å². The summed E-state index contributed by atoms with van der Waals surface area (Å²) in [5.74, 6) is -0.227. The van der Waals surface area contributed by atoms with Crippen LogP contribution in [0.5, 0.6) is 5.75 Å². The molecule has 0 aliphatic rings. The number of aromatic hydroxyl groups is 1. The summed E-state index contributed by atoms with van der Waals surface area (Å²) in [6.45, 7) is 5.80. The number of carbonyl (C=O) groups is 1. The number of carbonyl (C=O) groups excluding carboxylic acids is 1. The van der Waals surface area contributed by atoms with E-state index >= 15 is 0 Å². The summed E-state index contributed by atoms with van der Waals surface area (Å²) in [4.78, 5) is 11.4. The SMILES string of the molecule is CCOC(=O)C(N)Cc1ccc(C)c(C)c1O. The van der Waals surface area contributed by atoms with Gasteiger partial charge in [0, 0.05) is 6.42 Å². The number of phenols is 1. The fourth-order valence-corrected chi connectivity index (χ4v) is 1.59. The normalized spacial score (nSPS) is 12.2. The Morgan fingerprint density at radius 2 is 2.12 bits per heavy atom. The van der Waals surface area contributed by atoms with Crippen molar-refractivity contribution in [1.29, 1.82) is 0 Å². The Hall–Kier alpha value is -1.55. The number of hydrogen-bond donors (Lipinski definition) is 2. The maximum absolute atomic E-state index is 11.4. The molecule has 0 bridgehead atoms. The van der Waals surface area contributed by atoms with Crippen LogP contribution in [0.25, 0.3) is 0 Å². The minimum absolute atomic E-state index is 0.213. The number of rotatable bonds is 4. The molecule has 94 valence electrons. The first-order chi connectivity index (χ1) is 7.97. The summed E-state index contributed by atoms with van der Waals surface area (Å²) in [6.07, 6.45) is 0.284. The molecule has 0 aliphatic heterocycles. The van der Waals surface area contributed by atoms with Crippen LogP contribution in [0.3, 0.4) is 0 Å². The highest BCUT2D eigenvalue weighted by Crippen LogP contribution is 2.25. The Bertz CT molecular complexity index is 415. The Labute approximate surface area is 101 Å². The molecule has 0 amide bonds. The van der Waals surface area contributed by atoms with Gasteiger partial charge in [0.25, 0.3) is 0 Å². The van der Waals surface area contributed by atoms with Crippen molar-refractivity contribution in [2.24, 2.45) is 5.73 Å². The maximum Gasteiger partial charge on any atom is 0.323 e. The number of nitrogens with two attached hydrogens (primary N) is 1. The van der Waals surface area contributed by atoms with Gasteiger partial charge in [0.15, 0.2) is 0 Å². The molecule has 0 aromatic heterocycles. The lowest BCUT2D eigenvalue weighted by Gasteiger charge is -2.13. The van der Waals surface area contributed by atoms with E-state index in [9.17, 15) is 9.90 Å². The van der Waals surface area contributed by atoms with Gasteiger partial charge in [0.1, 0.15) is 11.8 Å². The van der Waals surface area contributed by atoms with Crippen LogP contribution in [0, 0.1) is 13.8 Å². The molecule has 1 aromatic carbocycles. The van der Waals surface area contributed by atoms with E-state index in [-0.39, 0.29) is 12.2 Å². The topological polar surface area (TPSA) is 72.5 Å². The van der Waals surface area contributed by atoms with E-state index in [0.29, 0.717) is 12.2 Å². The number of ether oxygens (including phenoxy) is 1. The third kappa shape index (κ3) is 3.20. The summed E-state index contributed by atoms with van der Waals surface area (Å²) < 4.78 is 4.82. The summed E-state index contributed by atoms with van der Waals surface area (Å²) >= 11 is 0. The zero-order valence-corrected chi connectivity index (χ0v) is 10.5. The molecule has 0 aliphatic carbocycles. The first-order valence-corrected chi connectivity index (χ1v) is 5.67. The molecule has 4 heteroatoms. The first-order valence-electron chi connectivity index (χ1n) is 5.67. The standard InChI is InChI=1S/C13H19NO3/c1-4-17-13(16)11(14)7-10-6-5-8(2)9(3)12(10)15/h5-6,11,15H,4,7,14H2,1-3H3. The number of benzene rings is 1. The highest BCUT2D eigenvalue weighted by Gasteiger charge is 2.17. The molecule has 17 heavy (non-hydrogen) atoms. The van der Waals surface area contributed by atoms with Crippen LogP contribution in [0.15, 0.2) is 12.1 Å². The van der Waals surface area contributed by atoms with Crippen LogP contribution in [-0.2, 0) is 16.0 Å². The molecule has 0 saturated carbocycles. The predicted octanol–water partition coefficient (Wildman–Crippen LogP) is 1.44. The predicted molar refractivity (Wildman–Crippen MR) is 65.9 cm³/mol. The molecule has 4 nitrogen and oxygen atoms in total. The first kappa shape index (κ1) is 13.5. The fourth-order valence-electron chi connectivity index (χ4n) is 1.59. The average Bonchev–Trinajstić information content (AvgIpc) is 2.30. The molecule has 1 aromatic rings. The summed E-state index contributed by atoms with van der Waals surface area (Å²) in [5.41, 5.74) is 8.21. The van der Waals surface area contributed by atoms with Crippen molar-refractivity contribution in [3.8, 4) is 5.75 Å². The minimum atomic E-state index is -0.733. The Balaban J connectivity index is 2.82. The zero-order valence-electron chi connectivity index (χ0n) is 10.5. The van der Waals surface area contributed by atoms with Gasteiger partial charge in [-0.1, -0.05) is 12.1 Å². The Morgan fingerprint density at radius 3 is 2.71 bits per heavy atom. The van der Waals surface area contributed by atoms with Crippen molar-refractivity contribution in [3.05, 3.63) is 28.8 Å². The molecule has 0 saturated heterocycles. The van der Waals surface area contributed by atoms with Crippen molar-refractivity contribution < 1.29 is 14.6 Å². The average molecular weight is 237 g/mol. The number of esters is 1. The fraction of sp³-hybridized carbons (Fsp3) is 0.462. The monoisotopic (exact) mass is 237 g/mol. The molecule has 1 atom stereocenters. The molecule has 0 fully saturated rings. The highest BCUT2D eigenvalue weighted by molar-refractivity contribution is 5.76. The Morgan fingerprint density at radius 1 is 1.47 bits per heavy atom. The molecular weight excluding hydrogens is 218 g/mol. The van der Waals surface area contributed by atoms with E-state index in [1.807, 2.05) is 19.9 Å². The quantitative estimate of drug-likeness (QED) is 0.777. The third-order valence-corrected chi connectivity index (χ3v) is 2.81. The van der Waals surface area contributed by atoms with E-state index in [1.54, 1.807) is 13.0 Å². The number of aryl methyl sites for hydroxylation is 1. The van der Waals surface area contributed by atoms with Crippen molar-refractivity contribution in [1.82, 2.24) is 0 Å². The smallest absolute Gasteiger partial charge is 0.323 e. The van der Waals surface area contributed by atoms with Crippen LogP contribution in [0.4, 0.5) is 0 Å². The number of phenolic OH excluding ortho intramolecular Hbond substituents is 1. The van der Waals surface area contributed by atoms with Crippen LogP contribution < -0.4 is 5.73 Å². The second kappa shape index (κ2) is 5.68. The highest BCUT2D eigenvalue weighted by atomic mass is 16.5. The summed E-state index contributed by atoms with van der Waals surface area (Å²) in [6, 6.07) is 2.96. The second-order valence-corrected chi connectivity index (χ2v) is 4.08. The molecule has 1 unspecified atom stereocenters. The van der Waals surface area contributed by atoms with Gasteiger partial charge in [0.2, 0.25) is 0 Å². The van der Waals surface area contributed by atoms with Crippen LogP contribution in [-0.4, -0.2) is 23.7 Å². The second-order valence-electron chi connectivity index (χ2n) is 4.08. The lowest BCUT2D eigenvalue weighted by Crippen LogP contribution is -2.34. The molecule has 0 radical (unpaired) electrons. The van der Waals surface area contributed by atoms with Gasteiger partial charge in [-0.2, -0.15) is 0 Å². The van der Waals surface area contributed by atoms with E-state index in [4.69, 9.17) is 10.5 Å². The van der Waals surface area contributed by atoms with Crippen molar-refractivity contribution in [2.75, 3.05) is 6.61 Å². The van der Waals surface area contributed by atoms with E-state index in [0.717, 1.165) is 11.1 Å². The van der Waals surface area contributed by atoms with Gasteiger partial charge < -0.3 is 15.6 Å². The van der Waals surface area contributed by atoms with Crippen LogP contribution in [0.1, 0.15) is 23.6 Å². The molecule has 1 rings (SSSR count). The van der Waals surface area contributed by atoms with Crippen molar-refractivity contribution in [3.63, 3.8) is 0 Å². The Kier molecular flexibility index (Phi) is 4.52. The lowest BCUT2D eigenvalue weighted by atomic mass is 9.99. The molecule has 0 spiro atoms. The molecular formula is C13H19NO3. The molecule has 3 N–H and O–H groups in total. The minimum Gasteiger partial charge on any atom is -0.507 e. The summed E-state index contributed by atoms with van der Waals surface area (Å²) in [7, 11) is 0. The van der Waals surface area contributed by atoms with E-state index in [1.165, 1.54) is 0 Å². The third-order valence-electron chi connectivity index (χ3n) is 2.81. The number of hydrogen-bond acceptors (Lipinski definition) is 4. The zero-order chi connectivity index (χ0) is 13.0. The largest absolute Gasteiger partial charge is 0.507 e. The van der Waals surface area contributed by atoms with Crippen LogP contribution in [0.2, 0.25) is 0 Å². The van der Waals surface area contributed by atoms with Gasteiger partial charge in [-0.15, -0.1) is 0 Å². The van der Waals surface area contributed by atoms with Gasteiger partial charge in [-0.3, -0.25) is 4.79 Å². The van der Waals surface area contributed by atoms with Crippen molar-refractivity contribution in [2.45, 2.75) is 33.2 Å². The van der Waals surface area contributed by atoms with Gasteiger partial charge in [0.05, 0.1) is 6.61 Å².